The van der Waals surface area contributed by atoms with Gasteiger partial charge in [-0.3, -0.25) is 4.79 Å². The molecule has 0 saturated heterocycles. The third kappa shape index (κ3) is 3.16. The number of carbonyl (C=O) groups excluding carboxylic acids is 1. The number of nitrogens with zero attached hydrogens (tertiary/aromatic N) is 3. The average molecular weight is 245 g/mol. The molecule has 5 heteroatoms. The molecule has 0 bridgehead atoms. The molecule has 0 aromatic carbocycles. The van der Waals surface area contributed by atoms with Crippen molar-refractivity contribution in [1.29, 1.82) is 0 Å². The van der Waals surface area contributed by atoms with Crippen LogP contribution in [0.25, 0.3) is 0 Å². The molecule has 0 aliphatic carbocycles. The fraction of sp³-hybridized carbons (Fsp3) is 0.308. The fourth-order valence-electron chi connectivity index (χ4n) is 1.62. The minimum Gasteiger partial charge on any atom is -0.491 e. The highest BCUT2D eigenvalue weighted by Crippen LogP contribution is 2.15. The zero-order valence-corrected chi connectivity index (χ0v) is 10.2. The van der Waals surface area contributed by atoms with Crippen molar-refractivity contribution in [1.82, 2.24) is 14.5 Å². The number of aryl methyl sites for hydroxylation is 2. The Kier molecular flexibility index (Phi) is 4.06. The number of imidazole rings is 1. The molecule has 2 heterocycles. The van der Waals surface area contributed by atoms with E-state index in [1.54, 1.807) is 18.6 Å². The van der Waals surface area contributed by atoms with Crippen molar-refractivity contribution in [3.8, 4) is 5.75 Å². The average Bonchev–Trinajstić information content (AvgIpc) is 2.89. The van der Waals surface area contributed by atoms with Crippen LogP contribution < -0.4 is 4.74 Å². The lowest BCUT2D eigenvalue weighted by molar-refractivity contribution is 0.111. The first-order chi connectivity index (χ1) is 8.79. The highest BCUT2D eigenvalue weighted by atomic mass is 16.5. The van der Waals surface area contributed by atoms with E-state index >= 15 is 0 Å². The van der Waals surface area contributed by atoms with E-state index in [1.807, 2.05) is 23.8 Å². The van der Waals surface area contributed by atoms with Gasteiger partial charge in [-0.25, -0.2) is 9.97 Å². The SMILES string of the molecule is Cc1ccc(OCCCn2ccnc2)c(C=O)n1. The van der Waals surface area contributed by atoms with Crippen molar-refractivity contribution in [2.45, 2.75) is 19.9 Å². The van der Waals surface area contributed by atoms with Crippen LogP contribution in [-0.4, -0.2) is 27.4 Å². The van der Waals surface area contributed by atoms with Crippen LogP contribution in [0.15, 0.2) is 30.9 Å². The van der Waals surface area contributed by atoms with Gasteiger partial charge in [0.1, 0.15) is 11.4 Å². The predicted molar refractivity (Wildman–Crippen MR) is 66.7 cm³/mol. The van der Waals surface area contributed by atoms with E-state index in [0.29, 0.717) is 18.1 Å². The number of aromatic nitrogens is 3. The molecule has 0 N–H and O–H groups in total. The number of rotatable bonds is 6. The highest BCUT2D eigenvalue weighted by Gasteiger charge is 2.04. The van der Waals surface area contributed by atoms with Gasteiger partial charge in [-0.2, -0.15) is 0 Å². The van der Waals surface area contributed by atoms with Crippen molar-refractivity contribution >= 4 is 6.29 Å². The van der Waals surface area contributed by atoms with Gasteiger partial charge in [0.15, 0.2) is 6.29 Å². The van der Waals surface area contributed by atoms with Gasteiger partial charge < -0.3 is 9.30 Å². The Bertz CT molecular complexity index is 509. The van der Waals surface area contributed by atoms with Gasteiger partial charge in [0.05, 0.1) is 12.9 Å². The van der Waals surface area contributed by atoms with Crippen LogP contribution in [0.1, 0.15) is 22.6 Å². The highest BCUT2D eigenvalue weighted by molar-refractivity contribution is 5.76. The van der Waals surface area contributed by atoms with E-state index in [2.05, 4.69) is 9.97 Å². The largest absolute Gasteiger partial charge is 0.491 e. The third-order valence-corrected chi connectivity index (χ3v) is 2.51. The van der Waals surface area contributed by atoms with Crippen LogP contribution in [0, 0.1) is 6.92 Å². The monoisotopic (exact) mass is 245 g/mol. The van der Waals surface area contributed by atoms with Crippen LogP contribution in [0.5, 0.6) is 5.75 Å². The van der Waals surface area contributed by atoms with Gasteiger partial charge in [0.2, 0.25) is 0 Å². The van der Waals surface area contributed by atoms with E-state index in [0.717, 1.165) is 24.9 Å². The van der Waals surface area contributed by atoms with Gasteiger partial charge in [-0.15, -0.1) is 0 Å². The van der Waals surface area contributed by atoms with Crippen LogP contribution in [0.4, 0.5) is 0 Å². The lowest BCUT2D eigenvalue weighted by atomic mass is 10.3. The molecule has 0 atom stereocenters. The standard InChI is InChI=1S/C13H15N3O2/c1-11-3-4-13(12(9-17)15-11)18-8-2-6-16-7-5-14-10-16/h3-5,7,9-10H,2,6,8H2,1H3. The lowest BCUT2D eigenvalue weighted by Crippen LogP contribution is -2.05. The molecule has 0 fully saturated rings. The van der Waals surface area contributed by atoms with E-state index in [9.17, 15) is 4.79 Å². The number of pyridine rings is 1. The molecular formula is C13H15N3O2. The number of carbonyl (C=O) groups is 1. The van der Waals surface area contributed by atoms with Gasteiger partial charge >= 0.3 is 0 Å². The second-order valence-corrected chi connectivity index (χ2v) is 3.96. The van der Waals surface area contributed by atoms with Crippen LogP contribution in [-0.2, 0) is 6.54 Å². The lowest BCUT2D eigenvalue weighted by Gasteiger charge is -2.08. The first-order valence-electron chi connectivity index (χ1n) is 5.81. The summed E-state index contributed by atoms with van der Waals surface area (Å²) in [5.41, 5.74) is 1.17. The summed E-state index contributed by atoms with van der Waals surface area (Å²) in [7, 11) is 0. The van der Waals surface area contributed by atoms with Crippen molar-refractivity contribution in [3.05, 3.63) is 42.2 Å². The topological polar surface area (TPSA) is 57.0 Å². The van der Waals surface area contributed by atoms with Gasteiger partial charge in [0.25, 0.3) is 0 Å². The van der Waals surface area contributed by atoms with Crippen molar-refractivity contribution in [2.24, 2.45) is 0 Å². The summed E-state index contributed by atoms with van der Waals surface area (Å²) < 4.78 is 7.54. The molecule has 0 unspecified atom stereocenters. The number of ether oxygens (including phenoxy) is 1. The Hall–Kier alpha value is -2.17. The Labute approximate surface area is 105 Å². The molecule has 0 amide bonds. The fourth-order valence-corrected chi connectivity index (χ4v) is 1.62. The second-order valence-electron chi connectivity index (χ2n) is 3.96. The van der Waals surface area contributed by atoms with Crippen molar-refractivity contribution in [3.63, 3.8) is 0 Å². The Balaban J connectivity index is 1.84. The zero-order chi connectivity index (χ0) is 12.8. The molecule has 5 nitrogen and oxygen atoms in total. The molecule has 0 radical (unpaired) electrons. The minimum atomic E-state index is 0.359. The first kappa shape index (κ1) is 12.3. The Morgan fingerprint density at radius 2 is 2.33 bits per heavy atom. The maximum atomic E-state index is 10.8. The van der Waals surface area contributed by atoms with E-state index in [4.69, 9.17) is 4.74 Å². The maximum absolute atomic E-state index is 10.8. The van der Waals surface area contributed by atoms with Gasteiger partial charge in [-0.1, -0.05) is 0 Å². The Morgan fingerprint density at radius 3 is 3.06 bits per heavy atom. The van der Waals surface area contributed by atoms with Gasteiger partial charge in [-0.05, 0) is 25.5 Å². The zero-order valence-electron chi connectivity index (χ0n) is 10.2. The summed E-state index contributed by atoms with van der Waals surface area (Å²) >= 11 is 0. The van der Waals surface area contributed by atoms with Crippen molar-refractivity contribution < 1.29 is 9.53 Å². The van der Waals surface area contributed by atoms with E-state index < -0.39 is 0 Å². The summed E-state index contributed by atoms with van der Waals surface area (Å²) in [6.07, 6.45) is 6.99. The number of hydrogen-bond acceptors (Lipinski definition) is 4. The predicted octanol–water partition coefficient (Wildman–Crippen LogP) is 1.87. The van der Waals surface area contributed by atoms with E-state index in [1.165, 1.54) is 0 Å². The molecule has 2 aromatic rings. The third-order valence-electron chi connectivity index (χ3n) is 2.51. The summed E-state index contributed by atoms with van der Waals surface area (Å²) in [5, 5.41) is 0. The van der Waals surface area contributed by atoms with Crippen molar-refractivity contribution in [2.75, 3.05) is 6.61 Å². The molecule has 94 valence electrons. The smallest absolute Gasteiger partial charge is 0.172 e. The molecule has 18 heavy (non-hydrogen) atoms. The maximum Gasteiger partial charge on any atom is 0.172 e. The second kappa shape index (κ2) is 5.95. The summed E-state index contributed by atoms with van der Waals surface area (Å²) in [5.74, 6) is 0.543. The van der Waals surface area contributed by atoms with E-state index in [-0.39, 0.29) is 0 Å². The van der Waals surface area contributed by atoms with Crippen LogP contribution in [0.2, 0.25) is 0 Å². The molecular weight excluding hydrogens is 230 g/mol. The molecule has 0 aliphatic heterocycles. The Morgan fingerprint density at radius 1 is 1.44 bits per heavy atom. The molecule has 0 spiro atoms. The number of hydrogen-bond donors (Lipinski definition) is 0. The molecule has 0 saturated carbocycles. The first-order valence-corrected chi connectivity index (χ1v) is 5.81. The normalized spacial score (nSPS) is 10.3. The summed E-state index contributed by atoms with van der Waals surface area (Å²) in [6.45, 7) is 3.23. The van der Waals surface area contributed by atoms with Crippen LogP contribution >= 0.6 is 0 Å². The quantitative estimate of drug-likeness (QED) is 0.576. The van der Waals surface area contributed by atoms with Gasteiger partial charge in [0, 0.05) is 24.6 Å². The van der Waals surface area contributed by atoms with Crippen LogP contribution in [0.3, 0.4) is 0 Å². The molecule has 0 aliphatic rings. The number of aldehydes is 1. The summed E-state index contributed by atoms with van der Waals surface area (Å²) in [4.78, 5) is 18.9. The molecule has 2 aromatic heterocycles. The molecule has 2 rings (SSSR count). The summed E-state index contributed by atoms with van der Waals surface area (Å²) in [6, 6.07) is 3.61. The minimum absolute atomic E-state index is 0.359.